The number of thioether (sulfide) groups is 1. The molecule has 6 heteroatoms. The lowest BCUT2D eigenvalue weighted by molar-refractivity contribution is -0.113. The number of nitrogens with zero attached hydrogens (tertiary/aromatic N) is 1. The molecule has 0 aromatic heterocycles. The van der Waals surface area contributed by atoms with Gasteiger partial charge in [-0.2, -0.15) is 0 Å². The highest BCUT2D eigenvalue weighted by atomic mass is 32.2. The van der Waals surface area contributed by atoms with Crippen LogP contribution in [0.3, 0.4) is 0 Å². The summed E-state index contributed by atoms with van der Waals surface area (Å²) in [5, 5.41) is 0. The molecule has 2 heterocycles. The molecule has 1 fully saturated rings. The smallest absolute Gasteiger partial charge is 0.270 e. The van der Waals surface area contributed by atoms with Crippen molar-refractivity contribution in [1.82, 2.24) is 0 Å². The van der Waals surface area contributed by atoms with Gasteiger partial charge in [-0.25, -0.2) is 4.39 Å². The first kappa shape index (κ1) is 13.3. The van der Waals surface area contributed by atoms with Gasteiger partial charge in [0.2, 0.25) is 0 Å². The minimum absolute atomic E-state index is 0.248. The normalized spacial score (nSPS) is 20.6. The number of rotatable bonds is 2. The number of anilines is 1. The van der Waals surface area contributed by atoms with E-state index in [0.29, 0.717) is 27.3 Å². The SMILES string of the molecule is O=C1/C(=C\C2=CCCO2)SC(=S)N1c1cccc(F)c1. The van der Waals surface area contributed by atoms with Gasteiger partial charge in [-0.3, -0.25) is 9.69 Å². The number of carbonyl (C=O) groups excluding carboxylic acids is 1. The standard InChI is InChI=1S/C14H10FNO2S2/c15-9-3-1-4-10(7-9)16-13(17)12(20-14(16)19)8-11-5-2-6-18-11/h1,3-5,7-8H,2,6H2/b12-8+. The molecule has 0 aliphatic carbocycles. The maximum absolute atomic E-state index is 13.3. The van der Waals surface area contributed by atoms with Gasteiger partial charge in [-0.15, -0.1) is 0 Å². The molecule has 0 N–H and O–H groups in total. The molecule has 20 heavy (non-hydrogen) atoms. The Kier molecular flexibility index (Phi) is 3.58. The van der Waals surface area contributed by atoms with Gasteiger partial charge in [0, 0.05) is 6.42 Å². The number of carbonyl (C=O) groups is 1. The monoisotopic (exact) mass is 307 g/mol. The van der Waals surface area contributed by atoms with Gasteiger partial charge in [0.05, 0.1) is 17.2 Å². The Bertz CT molecular complexity index is 654. The van der Waals surface area contributed by atoms with Crippen LogP contribution in [0.5, 0.6) is 0 Å². The molecule has 0 saturated carbocycles. The Morgan fingerprint density at radius 2 is 2.30 bits per heavy atom. The highest BCUT2D eigenvalue weighted by Gasteiger charge is 2.33. The predicted molar refractivity (Wildman–Crippen MR) is 80.8 cm³/mol. The molecule has 0 radical (unpaired) electrons. The molecule has 102 valence electrons. The van der Waals surface area contributed by atoms with E-state index in [1.165, 1.54) is 28.8 Å². The molecule has 3 nitrogen and oxygen atoms in total. The van der Waals surface area contributed by atoms with Crippen molar-refractivity contribution in [2.24, 2.45) is 0 Å². The first-order valence-corrected chi connectivity index (χ1v) is 7.24. The summed E-state index contributed by atoms with van der Waals surface area (Å²) in [5.74, 6) is 0.0362. The van der Waals surface area contributed by atoms with Crippen LogP contribution < -0.4 is 4.90 Å². The van der Waals surface area contributed by atoms with E-state index in [1.54, 1.807) is 18.2 Å². The summed E-state index contributed by atoms with van der Waals surface area (Å²) in [6.45, 7) is 0.635. The molecular weight excluding hydrogens is 297 g/mol. The Labute approximate surface area is 125 Å². The van der Waals surface area contributed by atoms with Crippen LogP contribution in [-0.2, 0) is 9.53 Å². The van der Waals surface area contributed by atoms with E-state index in [0.717, 1.165) is 6.42 Å². The summed E-state index contributed by atoms with van der Waals surface area (Å²) in [6.07, 6.45) is 4.45. The fourth-order valence-corrected chi connectivity index (χ4v) is 3.25. The van der Waals surface area contributed by atoms with Crippen LogP contribution in [0.2, 0.25) is 0 Å². The fourth-order valence-electron chi connectivity index (χ4n) is 1.97. The average Bonchev–Trinajstić information content (AvgIpc) is 2.99. The molecule has 3 rings (SSSR count). The van der Waals surface area contributed by atoms with Gasteiger partial charge < -0.3 is 4.74 Å². The van der Waals surface area contributed by atoms with Crippen LogP contribution in [0.1, 0.15) is 6.42 Å². The maximum atomic E-state index is 13.3. The number of thiocarbonyl (C=S) groups is 1. The number of benzene rings is 1. The minimum atomic E-state index is -0.401. The van der Waals surface area contributed by atoms with Crippen LogP contribution in [0.25, 0.3) is 0 Å². The second-order valence-corrected chi connectivity index (χ2v) is 5.92. The van der Waals surface area contributed by atoms with Crippen molar-refractivity contribution >= 4 is 39.9 Å². The zero-order valence-corrected chi connectivity index (χ0v) is 12.0. The zero-order chi connectivity index (χ0) is 14.1. The second kappa shape index (κ2) is 5.38. The topological polar surface area (TPSA) is 29.5 Å². The lowest BCUT2D eigenvalue weighted by atomic mass is 10.2. The van der Waals surface area contributed by atoms with Crippen LogP contribution in [0.4, 0.5) is 10.1 Å². The van der Waals surface area contributed by atoms with E-state index < -0.39 is 5.82 Å². The number of amides is 1. The van der Waals surface area contributed by atoms with E-state index in [1.807, 2.05) is 6.08 Å². The summed E-state index contributed by atoms with van der Waals surface area (Å²) in [6, 6.07) is 5.82. The highest BCUT2D eigenvalue weighted by molar-refractivity contribution is 8.27. The summed E-state index contributed by atoms with van der Waals surface area (Å²) in [4.78, 5) is 14.2. The van der Waals surface area contributed by atoms with Crippen molar-refractivity contribution in [3.63, 3.8) is 0 Å². The molecule has 2 aliphatic rings. The lowest BCUT2D eigenvalue weighted by Gasteiger charge is -2.14. The Morgan fingerprint density at radius 1 is 1.45 bits per heavy atom. The van der Waals surface area contributed by atoms with Gasteiger partial charge in [-0.05, 0) is 30.4 Å². The summed E-state index contributed by atoms with van der Waals surface area (Å²) < 4.78 is 19.0. The van der Waals surface area contributed by atoms with Gasteiger partial charge in [0.25, 0.3) is 5.91 Å². The number of halogens is 1. The molecule has 0 bridgehead atoms. The van der Waals surface area contributed by atoms with Crippen LogP contribution in [0, 0.1) is 5.82 Å². The van der Waals surface area contributed by atoms with Crippen molar-refractivity contribution in [2.75, 3.05) is 11.5 Å². The predicted octanol–water partition coefficient (Wildman–Crippen LogP) is 3.38. The first-order chi connectivity index (χ1) is 9.65. The Hall–Kier alpha value is -1.66. The summed E-state index contributed by atoms with van der Waals surface area (Å²) in [5.41, 5.74) is 0.442. The molecule has 1 aromatic carbocycles. The zero-order valence-electron chi connectivity index (χ0n) is 10.3. The molecule has 0 atom stereocenters. The highest BCUT2D eigenvalue weighted by Crippen LogP contribution is 2.36. The van der Waals surface area contributed by atoms with Crippen LogP contribution in [0.15, 0.2) is 47.1 Å². The average molecular weight is 307 g/mol. The van der Waals surface area contributed by atoms with Crippen molar-refractivity contribution < 1.29 is 13.9 Å². The Morgan fingerprint density at radius 3 is 3.00 bits per heavy atom. The Balaban J connectivity index is 1.91. The minimum Gasteiger partial charge on any atom is -0.494 e. The molecule has 1 saturated heterocycles. The lowest BCUT2D eigenvalue weighted by Crippen LogP contribution is -2.27. The van der Waals surface area contributed by atoms with Crippen molar-refractivity contribution in [1.29, 1.82) is 0 Å². The molecule has 0 spiro atoms. The van der Waals surface area contributed by atoms with Crippen LogP contribution in [-0.4, -0.2) is 16.8 Å². The van der Waals surface area contributed by atoms with E-state index in [9.17, 15) is 9.18 Å². The maximum Gasteiger partial charge on any atom is 0.270 e. The molecular formula is C14H10FNO2S2. The second-order valence-electron chi connectivity index (χ2n) is 4.24. The van der Waals surface area contributed by atoms with Gasteiger partial charge in [0.1, 0.15) is 11.6 Å². The summed E-state index contributed by atoms with van der Waals surface area (Å²) >= 11 is 6.40. The number of allylic oxidation sites excluding steroid dienone is 1. The van der Waals surface area contributed by atoms with Crippen molar-refractivity contribution in [2.45, 2.75) is 6.42 Å². The largest absolute Gasteiger partial charge is 0.494 e. The van der Waals surface area contributed by atoms with Gasteiger partial charge >= 0.3 is 0 Å². The molecule has 1 aromatic rings. The molecule has 2 aliphatic heterocycles. The molecule has 0 unspecified atom stereocenters. The number of hydrogen-bond acceptors (Lipinski definition) is 4. The van der Waals surface area contributed by atoms with E-state index in [4.69, 9.17) is 17.0 Å². The van der Waals surface area contributed by atoms with Crippen molar-refractivity contribution in [3.8, 4) is 0 Å². The van der Waals surface area contributed by atoms with E-state index >= 15 is 0 Å². The third-order valence-corrected chi connectivity index (χ3v) is 4.17. The fraction of sp³-hybridized carbons (Fsp3) is 0.143. The third-order valence-electron chi connectivity index (χ3n) is 2.87. The summed E-state index contributed by atoms with van der Waals surface area (Å²) in [7, 11) is 0. The molecule has 1 amide bonds. The van der Waals surface area contributed by atoms with Crippen molar-refractivity contribution in [3.05, 3.63) is 52.9 Å². The third kappa shape index (κ3) is 2.48. The van der Waals surface area contributed by atoms with E-state index in [-0.39, 0.29) is 5.91 Å². The first-order valence-electron chi connectivity index (χ1n) is 6.01. The van der Waals surface area contributed by atoms with Gasteiger partial charge in [-0.1, -0.05) is 30.0 Å². The number of ether oxygens (including phenoxy) is 1. The number of hydrogen-bond donors (Lipinski definition) is 0. The van der Waals surface area contributed by atoms with E-state index in [2.05, 4.69) is 0 Å². The van der Waals surface area contributed by atoms with Crippen LogP contribution >= 0.6 is 24.0 Å². The quantitative estimate of drug-likeness (QED) is 0.619. The van der Waals surface area contributed by atoms with Gasteiger partial charge in [0.15, 0.2) is 4.32 Å².